The van der Waals surface area contributed by atoms with Crippen LogP contribution in [0.25, 0.3) is 0 Å². The van der Waals surface area contributed by atoms with Crippen molar-refractivity contribution in [3.05, 3.63) is 0 Å². The molecule has 2 fully saturated rings. The van der Waals surface area contributed by atoms with Gasteiger partial charge in [-0.15, -0.1) is 0 Å². The number of hydrogen-bond acceptors (Lipinski definition) is 2. The van der Waals surface area contributed by atoms with E-state index in [0.29, 0.717) is 12.3 Å². The van der Waals surface area contributed by atoms with Crippen molar-refractivity contribution in [2.45, 2.75) is 70.8 Å². The maximum absolute atomic E-state index is 10.6. The van der Waals surface area contributed by atoms with Gasteiger partial charge < -0.3 is 10.0 Å². The largest absolute Gasteiger partial charge is 0.481 e. The fourth-order valence-electron chi connectivity index (χ4n) is 3.89. The Bertz CT molecular complexity index is 292. The minimum atomic E-state index is -0.640. The van der Waals surface area contributed by atoms with E-state index in [1.165, 1.54) is 51.5 Å². The average Bonchev–Trinajstić information content (AvgIpc) is 2.73. The Morgan fingerprint density at radius 2 is 2.00 bits per heavy atom. The van der Waals surface area contributed by atoms with Crippen LogP contribution < -0.4 is 0 Å². The number of carbonyl (C=O) groups is 1. The first-order valence-electron chi connectivity index (χ1n) is 8.15. The molecule has 0 aromatic carbocycles. The zero-order valence-corrected chi connectivity index (χ0v) is 12.3. The Morgan fingerprint density at radius 1 is 1.16 bits per heavy atom. The smallest absolute Gasteiger partial charge is 0.303 e. The van der Waals surface area contributed by atoms with E-state index in [-0.39, 0.29) is 0 Å². The van der Waals surface area contributed by atoms with E-state index in [1.807, 2.05) is 0 Å². The number of carboxylic acid groups (broad SMARTS) is 1. The summed E-state index contributed by atoms with van der Waals surface area (Å²) >= 11 is 0. The molecule has 110 valence electrons. The Morgan fingerprint density at radius 3 is 2.74 bits per heavy atom. The number of likely N-dealkylation sites (tertiary alicyclic amines) is 1. The third kappa shape index (κ3) is 4.48. The molecule has 3 heteroatoms. The topological polar surface area (TPSA) is 40.5 Å². The molecule has 2 aliphatic rings. The Labute approximate surface area is 117 Å². The molecular formula is C16H29NO2. The molecule has 0 bridgehead atoms. The molecule has 19 heavy (non-hydrogen) atoms. The number of nitrogens with zero attached hydrogens (tertiary/aromatic N) is 1. The minimum absolute atomic E-state index is 0.348. The molecule has 0 spiro atoms. The summed E-state index contributed by atoms with van der Waals surface area (Å²) in [7, 11) is 0. The second-order valence-corrected chi connectivity index (χ2v) is 6.52. The zero-order chi connectivity index (χ0) is 13.7. The van der Waals surface area contributed by atoms with E-state index in [4.69, 9.17) is 5.11 Å². The third-order valence-electron chi connectivity index (χ3n) is 5.24. The maximum Gasteiger partial charge on any atom is 0.303 e. The summed E-state index contributed by atoms with van der Waals surface area (Å²) in [6.07, 6.45) is 10.7. The summed E-state index contributed by atoms with van der Waals surface area (Å²) in [6, 6.07) is 0.784. The van der Waals surface area contributed by atoms with Crippen LogP contribution in [0.5, 0.6) is 0 Å². The summed E-state index contributed by atoms with van der Waals surface area (Å²) in [5, 5.41) is 8.77. The second-order valence-electron chi connectivity index (χ2n) is 6.52. The molecule has 1 saturated carbocycles. The number of carboxylic acids is 1. The first kappa shape index (κ1) is 14.8. The first-order chi connectivity index (χ1) is 9.19. The lowest BCUT2D eigenvalue weighted by atomic mass is 9.97. The van der Waals surface area contributed by atoms with Crippen LogP contribution in [0.15, 0.2) is 0 Å². The SMILES string of the molecule is CCC1CCCC(N2CCC(CCC(=O)O)C2)CC1. The molecule has 1 aliphatic heterocycles. The van der Waals surface area contributed by atoms with E-state index < -0.39 is 5.97 Å². The van der Waals surface area contributed by atoms with Crippen LogP contribution in [-0.2, 0) is 4.79 Å². The van der Waals surface area contributed by atoms with Crippen molar-refractivity contribution in [2.75, 3.05) is 13.1 Å². The van der Waals surface area contributed by atoms with Gasteiger partial charge in [0, 0.05) is 19.0 Å². The van der Waals surface area contributed by atoms with Gasteiger partial charge in [0.15, 0.2) is 0 Å². The highest BCUT2D eigenvalue weighted by Gasteiger charge is 2.29. The van der Waals surface area contributed by atoms with Crippen LogP contribution in [0.3, 0.4) is 0 Å². The normalized spacial score (nSPS) is 33.2. The van der Waals surface area contributed by atoms with Crippen molar-refractivity contribution in [3.8, 4) is 0 Å². The molecule has 3 nitrogen and oxygen atoms in total. The Balaban J connectivity index is 1.75. The van der Waals surface area contributed by atoms with Gasteiger partial charge in [-0.05, 0) is 50.5 Å². The maximum atomic E-state index is 10.6. The van der Waals surface area contributed by atoms with Gasteiger partial charge in [0.2, 0.25) is 0 Å². The predicted molar refractivity (Wildman–Crippen MR) is 77.2 cm³/mol. The number of hydrogen-bond donors (Lipinski definition) is 1. The van der Waals surface area contributed by atoms with Crippen molar-refractivity contribution < 1.29 is 9.90 Å². The van der Waals surface area contributed by atoms with Crippen LogP contribution in [0.1, 0.15) is 64.7 Å². The van der Waals surface area contributed by atoms with E-state index >= 15 is 0 Å². The van der Waals surface area contributed by atoms with Crippen LogP contribution >= 0.6 is 0 Å². The second kappa shape index (κ2) is 7.28. The van der Waals surface area contributed by atoms with Gasteiger partial charge in [-0.1, -0.05) is 26.2 Å². The van der Waals surface area contributed by atoms with Gasteiger partial charge in [-0.25, -0.2) is 0 Å². The van der Waals surface area contributed by atoms with Crippen molar-refractivity contribution in [3.63, 3.8) is 0 Å². The van der Waals surface area contributed by atoms with Crippen LogP contribution in [0.2, 0.25) is 0 Å². The lowest BCUT2D eigenvalue weighted by molar-refractivity contribution is -0.137. The fraction of sp³-hybridized carbons (Fsp3) is 0.938. The van der Waals surface area contributed by atoms with Crippen molar-refractivity contribution >= 4 is 5.97 Å². The summed E-state index contributed by atoms with van der Waals surface area (Å²) in [5.41, 5.74) is 0. The monoisotopic (exact) mass is 267 g/mol. The molecule has 1 heterocycles. The average molecular weight is 267 g/mol. The van der Waals surface area contributed by atoms with E-state index in [2.05, 4.69) is 11.8 Å². The van der Waals surface area contributed by atoms with Gasteiger partial charge in [0.05, 0.1) is 0 Å². The molecule has 1 aliphatic carbocycles. The Kier molecular flexibility index (Phi) is 5.68. The van der Waals surface area contributed by atoms with E-state index in [0.717, 1.165) is 24.9 Å². The van der Waals surface area contributed by atoms with E-state index in [9.17, 15) is 4.79 Å². The summed E-state index contributed by atoms with van der Waals surface area (Å²) in [4.78, 5) is 13.3. The highest BCUT2D eigenvalue weighted by atomic mass is 16.4. The van der Waals surface area contributed by atoms with Gasteiger partial charge in [-0.2, -0.15) is 0 Å². The standard InChI is InChI=1S/C16H29NO2/c1-2-13-4-3-5-15(8-6-13)17-11-10-14(12-17)7-9-16(18)19/h13-15H,2-12H2,1H3,(H,18,19). The van der Waals surface area contributed by atoms with Crippen molar-refractivity contribution in [1.29, 1.82) is 0 Å². The van der Waals surface area contributed by atoms with Gasteiger partial charge in [0.25, 0.3) is 0 Å². The molecular weight excluding hydrogens is 238 g/mol. The molecule has 1 saturated heterocycles. The molecule has 0 radical (unpaired) electrons. The predicted octanol–water partition coefficient (Wildman–Crippen LogP) is 3.53. The summed E-state index contributed by atoms with van der Waals surface area (Å²) in [5.74, 6) is 0.940. The highest BCUT2D eigenvalue weighted by molar-refractivity contribution is 5.66. The van der Waals surface area contributed by atoms with Gasteiger partial charge in [0.1, 0.15) is 0 Å². The van der Waals surface area contributed by atoms with Crippen molar-refractivity contribution in [1.82, 2.24) is 4.90 Å². The van der Waals surface area contributed by atoms with Crippen LogP contribution in [0.4, 0.5) is 0 Å². The molecule has 0 aromatic heterocycles. The Hall–Kier alpha value is -0.570. The third-order valence-corrected chi connectivity index (χ3v) is 5.24. The van der Waals surface area contributed by atoms with Crippen LogP contribution in [0, 0.1) is 11.8 Å². The van der Waals surface area contributed by atoms with Crippen LogP contribution in [-0.4, -0.2) is 35.1 Å². The molecule has 0 aromatic rings. The number of aliphatic carboxylic acids is 1. The summed E-state index contributed by atoms with van der Waals surface area (Å²) in [6.45, 7) is 4.67. The molecule has 2 rings (SSSR count). The lowest BCUT2D eigenvalue weighted by Gasteiger charge is -2.27. The minimum Gasteiger partial charge on any atom is -0.481 e. The molecule has 0 amide bonds. The number of rotatable bonds is 5. The first-order valence-corrected chi connectivity index (χ1v) is 8.15. The molecule has 3 atom stereocenters. The van der Waals surface area contributed by atoms with Crippen molar-refractivity contribution in [2.24, 2.45) is 11.8 Å². The lowest BCUT2D eigenvalue weighted by Crippen LogP contribution is -2.33. The summed E-state index contributed by atoms with van der Waals surface area (Å²) < 4.78 is 0. The quantitative estimate of drug-likeness (QED) is 0.775. The zero-order valence-electron chi connectivity index (χ0n) is 12.3. The van der Waals surface area contributed by atoms with Gasteiger partial charge >= 0.3 is 5.97 Å². The van der Waals surface area contributed by atoms with E-state index in [1.54, 1.807) is 0 Å². The molecule has 1 N–H and O–H groups in total. The molecule has 3 unspecified atom stereocenters. The highest BCUT2D eigenvalue weighted by Crippen LogP contribution is 2.31. The fourth-order valence-corrected chi connectivity index (χ4v) is 3.89. The van der Waals surface area contributed by atoms with Gasteiger partial charge in [-0.3, -0.25) is 4.79 Å².